The van der Waals surface area contributed by atoms with Crippen molar-refractivity contribution in [2.75, 3.05) is 12.8 Å². The highest BCUT2D eigenvalue weighted by molar-refractivity contribution is 7.89. The minimum Gasteiger partial charge on any atom is -0.393 e. The Hall–Kier alpha value is -0.130. The molecule has 0 heterocycles. The molecule has 0 radical (unpaired) electrons. The van der Waals surface area contributed by atoms with Gasteiger partial charge in [0, 0.05) is 13.1 Å². The maximum Gasteiger partial charge on any atom is 0.214 e. The topological polar surface area (TPSA) is 57.6 Å². The van der Waals surface area contributed by atoms with E-state index in [0.29, 0.717) is 6.42 Å². The Kier molecular flexibility index (Phi) is 4.55. The second kappa shape index (κ2) is 5.27. The highest BCUT2D eigenvalue weighted by Crippen LogP contribution is 2.24. The van der Waals surface area contributed by atoms with Crippen LogP contribution in [0.25, 0.3) is 0 Å². The summed E-state index contributed by atoms with van der Waals surface area (Å²) >= 11 is 0. The first-order valence-corrected chi connectivity index (χ1v) is 7.22. The first kappa shape index (κ1) is 12.9. The molecule has 1 N–H and O–H groups in total. The fourth-order valence-electron chi connectivity index (χ4n) is 2.05. The first-order valence-electron chi connectivity index (χ1n) is 5.61. The Morgan fingerprint density at radius 3 is 2.27 bits per heavy atom. The number of nitrogens with zero attached hydrogens (tertiary/aromatic N) is 1. The van der Waals surface area contributed by atoms with Crippen LogP contribution >= 0.6 is 0 Å². The third-order valence-corrected chi connectivity index (χ3v) is 5.18. The van der Waals surface area contributed by atoms with Crippen molar-refractivity contribution >= 4 is 10.0 Å². The summed E-state index contributed by atoms with van der Waals surface area (Å²) in [5.74, 6) is 0.225. The number of sulfonamides is 1. The molecule has 4 nitrogen and oxygen atoms in total. The maximum atomic E-state index is 11.8. The van der Waals surface area contributed by atoms with E-state index in [2.05, 4.69) is 0 Å². The lowest BCUT2D eigenvalue weighted by atomic mass is 9.93. The van der Waals surface area contributed by atoms with E-state index in [1.165, 1.54) is 4.31 Å². The highest BCUT2D eigenvalue weighted by atomic mass is 32.2. The van der Waals surface area contributed by atoms with Gasteiger partial charge in [-0.1, -0.05) is 6.92 Å². The Morgan fingerprint density at radius 1 is 1.27 bits per heavy atom. The molecule has 1 fully saturated rings. The third-order valence-electron chi connectivity index (χ3n) is 3.08. The lowest BCUT2D eigenvalue weighted by Crippen LogP contribution is -2.41. The molecule has 5 heteroatoms. The summed E-state index contributed by atoms with van der Waals surface area (Å²) in [7, 11) is -1.42. The van der Waals surface area contributed by atoms with Crippen molar-refractivity contribution in [1.82, 2.24) is 4.31 Å². The summed E-state index contributed by atoms with van der Waals surface area (Å²) in [6.45, 7) is 1.87. The van der Waals surface area contributed by atoms with Gasteiger partial charge in [-0.15, -0.1) is 0 Å². The largest absolute Gasteiger partial charge is 0.393 e. The Balaban J connectivity index is 2.57. The molecule has 1 saturated carbocycles. The van der Waals surface area contributed by atoms with Gasteiger partial charge in [0.05, 0.1) is 11.9 Å². The molecular formula is C10H21NO3S. The van der Waals surface area contributed by atoms with E-state index >= 15 is 0 Å². The monoisotopic (exact) mass is 235 g/mol. The lowest BCUT2D eigenvalue weighted by molar-refractivity contribution is 0.104. The van der Waals surface area contributed by atoms with E-state index in [1.54, 1.807) is 7.05 Å². The number of aliphatic hydroxyl groups excluding tert-OH is 1. The molecular weight excluding hydrogens is 214 g/mol. The first-order chi connectivity index (χ1) is 6.97. The number of rotatable bonds is 4. The molecule has 15 heavy (non-hydrogen) atoms. The predicted molar refractivity (Wildman–Crippen MR) is 60.1 cm³/mol. The van der Waals surface area contributed by atoms with Gasteiger partial charge in [-0.2, -0.15) is 0 Å². The SMILES string of the molecule is CCCS(=O)(=O)N(C)C1CCC(O)CC1. The van der Waals surface area contributed by atoms with E-state index in [9.17, 15) is 13.5 Å². The van der Waals surface area contributed by atoms with Gasteiger partial charge >= 0.3 is 0 Å². The zero-order valence-electron chi connectivity index (χ0n) is 9.52. The van der Waals surface area contributed by atoms with E-state index in [4.69, 9.17) is 0 Å². The molecule has 0 aromatic carbocycles. The van der Waals surface area contributed by atoms with E-state index in [-0.39, 0.29) is 17.9 Å². The van der Waals surface area contributed by atoms with Crippen molar-refractivity contribution in [2.45, 2.75) is 51.2 Å². The summed E-state index contributed by atoms with van der Waals surface area (Å²) < 4.78 is 25.1. The minimum atomic E-state index is -3.08. The van der Waals surface area contributed by atoms with Crippen molar-refractivity contribution in [2.24, 2.45) is 0 Å². The normalized spacial score (nSPS) is 28.3. The van der Waals surface area contributed by atoms with Crippen LogP contribution in [0.4, 0.5) is 0 Å². The Morgan fingerprint density at radius 2 is 1.80 bits per heavy atom. The molecule has 1 rings (SSSR count). The summed E-state index contributed by atoms with van der Waals surface area (Å²) in [5, 5.41) is 9.35. The van der Waals surface area contributed by atoms with Crippen molar-refractivity contribution in [3.63, 3.8) is 0 Å². The van der Waals surface area contributed by atoms with Gasteiger partial charge < -0.3 is 5.11 Å². The van der Waals surface area contributed by atoms with Gasteiger partial charge in [-0.25, -0.2) is 12.7 Å². The smallest absolute Gasteiger partial charge is 0.214 e. The predicted octanol–water partition coefficient (Wildman–Crippen LogP) is 0.961. The number of hydrogen-bond acceptors (Lipinski definition) is 3. The molecule has 0 bridgehead atoms. The van der Waals surface area contributed by atoms with Crippen LogP contribution in [-0.2, 0) is 10.0 Å². The van der Waals surface area contributed by atoms with Crippen LogP contribution < -0.4 is 0 Å². The average molecular weight is 235 g/mol. The maximum absolute atomic E-state index is 11.8. The fourth-order valence-corrected chi connectivity index (χ4v) is 3.52. The van der Waals surface area contributed by atoms with Crippen LogP contribution in [0.1, 0.15) is 39.0 Å². The Bertz CT molecular complexity index is 281. The van der Waals surface area contributed by atoms with Crippen molar-refractivity contribution < 1.29 is 13.5 Å². The molecule has 90 valence electrons. The van der Waals surface area contributed by atoms with Crippen molar-refractivity contribution in [3.8, 4) is 0 Å². The summed E-state index contributed by atoms with van der Waals surface area (Å²) in [6, 6.07) is 0.0879. The lowest BCUT2D eigenvalue weighted by Gasteiger charge is -2.32. The second-order valence-corrected chi connectivity index (χ2v) is 6.44. The van der Waals surface area contributed by atoms with Crippen molar-refractivity contribution in [3.05, 3.63) is 0 Å². The van der Waals surface area contributed by atoms with Gasteiger partial charge in [0.2, 0.25) is 10.0 Å². The molecule has 0 saturated heterocycles. The third kappa shape index (κ3) is 3.43. The van der Waals surface area contributed by atoms with Gasteiger partial charge in [0.15, 0.2) is 0 Å². The van der Waals surface area contributed by atoms with Gasteiger partial charge in [0.25, 0.3) is 0 Å². The molecule has 1 aliphatic rings. The van der Waals surface area contributed by atoms with Gasteiger partial charge in [-0.05, 0) is 32.1 Å². The molecule has 0 amide bonds. The van der Waals surface area contributed by atoms with Crippen LogP contribution in [0.15, 0.2) is 0 Å². The highest BCUT2D eigenvalue weighted by Gasteiger charge is 2.28. The minimum absolute atomic E-state index is 0.0879. The standard InChI is InChI=1S/C10H21NO3S/c1-3-8-15(13,14)11(2)9-4-6-10(12)7-5-9/h9-10,12H,3-8H2,1-2H3. The van der Waals surface area contributed by atoms with Crippen molar-refractivity contribution in [1.29, 1.82) is 0 Å². The Labute approximate surface area is 92.3 Å². The second-order valence-electron chi connectivity index (χ2n) is 4.29. The molecule has 0 aromatic rings. The zero-order chi connectivity index (χ0) is 11.5. The fraction of sp³-hybridized carbons (Fsp3) is 1.00. The van der Waals surface area contributed by atoms with Crippen LogP contribution in [0.5, 0.6) is 0 Å². The van der Waals surface area contributed by atoms with E-state index < -0.39 is 10.0 Å². The van der Waals surface area contributed by atoms with E-state index in [0.717, 1.165) is 25.7 Å². The van der Waals surface area contributed by atoms with Crippen LogP contribution in [-0.4, -0.2) is 42.8 Å². The number of hydrogen-bond donors (Lipinski definition) is 1. The van der Waals surface area contributed by atoms with Crippen LogP contribution in [0.2, 0.25) is 0 Å². The summed E-state index contributed by atoms with van der Waals surface area (Å²) in [4.78, 5) is 0. The van der Waals surface area contributed by atoms with Gasteiger partial charge in [0.1, 0.15) is 0 Å². The summed E-state index contributed by atoms with van der Waals surface area (Å²) in [5.41, 5.74) is 0. The molecule has 0 atom stereocenters. The quantitative estimate of drug-likeness (QED) is 0.789. The molecule has 0 aromatic heterocycles. The molecule has 0 aliphatic heterocycles. The average Bonchev–Trinajstić information content (AvgIpc) is 2.18. The molecule has 0 unspecified atom stereocenters. The molecule has 0 spiro atoms. The van der Waals surface area contributed by atoms with Crippen LogP contribution in [0, 0.1) is 0 Å². The van der Waals surface area contributed by atoms with Gasteiger partial charge in [-0.3, -0.25) is 0 Å². The zero-order valence-corrected chi connectivity index (χ0v) is 10.3. The van der Waals surface area contributed by atoms with Crippen LogP contribution in [0.3, 0.4) is 0 Å². The number of aliphatic hydroxyl groups is 1. The molecule has 1 aliphatic carbocycles. The van der Waals surface area contributed by atoms with E-state index in [1.807, 2.05) is 6.92 Å². The summed E-state index contributed by atoms with van der Waals surface area (Å²) in [6.07, 6.45) is 3.42.